The Labute approximate surface area is 493 Å². The molecule has 452 valence electrons. The molecule has 6 nitrogen and oxygen atoms in total. The first-order valence-corrected chi connectivity index (χ1v) is 32.8. The van der Waals surface area contributed by atoms with Gasteiger partial charge in [-0.15, -0.1) is 0 Å². The van der Waals surface area contributed by atoms with E-state index in [0.717, 1.165) is 148 Å². The van der Waals surface area contributed by atoms with Gasteiger partial charge in [-0.3, -0.25) is 14.4 Å². The van der Waals surface area contributed by atoms with E-state index in [1.165, 1.54) is 96.3 Å². The highest BCUT2D eigenvalue weighted by atomic mass is 16.6. The highest BCUT2D eigenvalue weighted by molar-refractivity contribution is 5.71. The van der Waals surface area contributed by atoms with Gasteiger partial charge in [-0.25, -0.2) is 0 Å². The van der Waals surface area contributed by atoms with Crippen LogP contribution in [0.4, 0.5) is 0 Å². The molecule has 0 aliphatic heterocycles. The molecule has 0 saturated heterocycles. The van der Waals surface area contributed by atoms with E-state index in [1.54, 1.807) is 0 Å². The van der Waals surface area contributed by atoms with E-state index in [0.29, 0.717) is 19.3 Å². The van der Waals surface area contributed by atoms with Gasteiger partial charge in [-0.2, -0.15) is 0 Å². The molecule has 1 atom stereocenters. The van der Waals surface area contributed by atoms with E-state index in [1.807, 2.05) is 0 Å². The van der Waals surface area contributed by atoms with Gasteiger partial charge < -0.3 is 14.2 Å². The lowest BCUT2D eigenvalue weighted by molar-refractivity contribution is -0.167. The van der Waals surface area contributed by atoms with Crippen molar-refractivity contribution in [2.45, 2.75) is 290 Å². The summed E-state index contributed by atoms with van der Waals surface area (Å²) in [6.45, 7) is 6.38. The van der Waals surface area contributed by atoms with Crippen molar-refractivity contribution in [2.75, 3.05) is 13.2 Å². The lowest BCUT2D eigenvalue weighted by atomic mass is 10.1. The Kier molecular flexibility index (Phi) is 62.9. The van der Waals surface area contributed by atoms with Crippen LogP contribution in [0.5, 0.6) is 0 Å². The molecule has 1 unspecified atom stereocenters. The largest absolute Gasteiger partial charge is 0.462 e. The Bertz CT molecular complexity index is 1750. The Morgan fingerprint density at radius 3 is 0.762 bits per heavy atom. The quantitative estimate of drug-likeness (QED) is 0.0261. The fourth-order valence-electron chi connectivity index (χ4n) is 8.74. The van der Waals surface area contributed by atoms with Crippen LogP contribution in [0.2, 0.25) is 0 Å². The van der Waals surface area contributed by atoms with Crippen molar-refractivity contribution in [3.63, 3.8) is 0 Å². The molecule has 0 aliphatic rings. The number of carbonyl (C=O) groups is 3. The standard InChI is InChI=1S/C74H120O6/c1-4-7-10-13-16-19-22-24-26-28-30-32-34-35-36-37-38-39-41-42-44-46-48-50-52-55-58-61-64-67-73(76)79-70-71(69-78-72(75)66-63-60-57-54-21-18-15-12-9-6-3)80-74(77)68-65-62-59-56-53-51-49-47-45-43-40-33-31-29-27-25-23-20-17-14-11-8-5-2/h7-8,10-11,16-17,19-20,24-27,30-33,35-36,38-39,43,45,49,51,71H,4-6,9,12-15,18,21-23,28-29,34,37,40-42,44,46-48,50,52-70H2,1-3H3/b10-7-,11-8-,19-16-,20-17-,26-24-,27-25-,32-30-,33-31-,36-35-,39-38-,45-43-,51-49-. The summed E-state index contributed by atoms with van der Waals surface area (Å²) in [4.78, 5) is 38.3. The normalized spacial score (nSPS) is 13.1. The van der Waals surface area contributed by atoms with Crippen LogP contribution in [-0.4, -0.2) is 37.2 Å². The number of carbonyl (C=O) groups excluding carboxylic acids is 3. The number of hydrogen-bond acceptors (Lipinski definition) is 6. The molecule has 0 rings (SSSR count). The summed E-state index contributed by atoms with van der Waals surface area (Å²) in [5.74, 6) is -0.922. The Balaban J connectivity index is 4.31. The molecule has 0 aromatic heterocycles. The van der Waals surface area contributed by atoms with Gasteiger partial charge >= 0.3 is 17.9 Å². The van der Waals surface area contributed by atoms with E-state index in [9.17, 15) is 14.4 Å². The zero-order valence-electron chi connectivity index (χ0n) is 51.8. The van der Waals surface area contributed by atoms with Crippen molar-refractivity contribution < 1.29 is 28.6 Å². The lowest BCUT2D eigenvalue weighted by Gasteiger charge is -2.18. The van der Waals surface area contributed by atoms with Crippen LogP contribution in [0.15, 0.2) is 146 Å². The van der Waals surface area contributed by atoms with E-state index in [4.69, 9.17) is 14.2 Å². The van der Waals surface area contributed by atoms with Gasteiger partial charge in [0, 0.05) is 19.3 Å². The van der Waals surface area contributed by atoms with Crippen LogP contribution >= 0.6 is 0 Å². The second-order valence-corrected chi connectivity index (χ2v) is 21.3. The summed E-state index contributed by atoms with van der Waals surface area (Å²) in [5.41, 5.74) is 0. The van der Waals surface area contributed by atoms with Crippen molar-refractivity contribution in [2.24, 2.45) is 0 Å². The Morgan fingerprint density at radius 2 is 0.487 bits per heavy atom. The number of unbranched alkanes of at least 4 members (excludes halogenated alkanes) is 23. The minimum Gasteiger partial charge on any atom is -0.462 e. The molecule has 0 radical (unpaired) electrons. The van der Waals surface area contributed by atoms with Gasteiger partial charge in [0.15, 0.2) is 6.10 Å². The number of rotatable bonds is 58. The third kappa shape index (κ3) is 64.1. The van der Waals surface area contributed by atoms with Crippen molar-refractivity contribution in [3.05, 3.63) is 146 Å². The minimum atomic E-state index is -0.798. The maximum absolute atomic E-state index is 12.9. The molecule has 0 spiro atoms. The van der Waals surface area contributed by atoms with E-state index in [-0.39, 0.29) is 31.1 Å². The molecule has 6 heteroatoms. The second-order valence-electron chi connectivity index (χ2n) is 21.3. The van der Waals surface area contributed by atoms with E-state index < -0.39 is 6.10 Å². The second kappa shape index (κ2) is 66.8. The van der Waals surface area contributed by atoms with Gasteiger partial charge in [0.2, 0.25) is 0 Å². The fraction of sp³-hybridized carbons (Fsp3) is 0.635. The van der Waals surface area contributed by atoms with E-state index in [2.05, 4.69) is 167 Å². The SMILES string of the molecule is CC/C=C\C/C=C\C/C=C\C/C=C\C/C=C\C/C=C\CCCCCCCCCCCCC(=O)OCC(COC(=O)CCCCCCCCCCCC)OC(=O)CCCCCC/C=C\C/C=C\C/C=C\C/C=C\C/C=C\C/C=C\CC. The molecule has 0 heterocycles. The minimum absolute atomic E-state index is 0.0922. The molecular formula is C74H120O6. The van der Waals surface area contributed by atoms with Crippen LogP contribution in [-0.2, 0) is 28.6 Å². The molecule has 80 heavy (non-hydrogen) atoms. The number of ether oxygens (including phenoxy) is 3. The van der Waals surface area contributed by atoms with Crippen molar-refractivity contribution in [1.29, 1.82) is 0 Å². The zero-order chi connectivity index (χ0) is 57.8. The van der Waals surface area contributed by atoms with Gasteiger partial charge in [-0.1, -0.05) is 289 Å². The smallest absolute Gasteiger partial charge is 0.306 e. The molecule has 0 fully saturated rings. The van der Waals surface area contributed by atoms with Crippen molar-refractivity contribution in [1.82, 2.24) is 0 Å². The van der Waals surface area contributed by atoms with Crippen LogP contribution in [0, 0.1) is 0 Å². The Hall–Kier alpha value is -4.71. The predicted molar refractivity (Wildman–Crippen MR) is 348 cm³/mol. The Morgan fingerprint density at radius 1 is 0.263 bits per heavy atom. The molecule has 0 aromatic rings. The monoisotopic (exact) mass is 1100 g/mol. The summed E-state index contributed by atoms with van der Waals surface area (Å²) < 4.78 is 16.9. The highest BCUT2D eigenvalue weighted by Gasteiger charge is 2.19. The summed E-state index contributed by atoms with van der Waals surface area (Å²) in [5, 5.41) is 0. The highest BCUT2D eigenvalue weighted by Crippen LogP contribution is 2.15. The summed E-state index contributed by atoms with van der Waals surface area (Å²) in [6, 6.07) is 0. The maximum Gasteiger partial charge on any atom is 0.306 e. The van der Waals surface area contributed by atoms with Gasteiger partial charge in [0.1, 0.15) is 13.2 Å². The predicted octanol–water partition coefficient (Wildman–Crippen LogP) is 22.7. The van der Waals surface area contributed by atoms with Crippen molar-refractivity contribution >= 4 is 17.9 Å². The molecule has 0 N–H and O–H groups in total. The summed E-state index contributed by atoms with van der Waals surface area (Å²) >= 11 is 0. The van der Waals surface area contributed by atoms with Gasteiger partial charge in [0.05, 0.1) is 0 Å². The van der Waals surface area contributed by atoms with Crippen LogP contribution < -0.4 is 0 Å². The average molecular weight is 1110 g/mol. The molecule has 0 saturated carbocycles. The van der Waals surface area contributed by atoms with Crippen molar-refractivity contribution in [3.8, 4) is 0 Å². The topological polar surface area (TPSA) is 78.9 Å². The van der Waals surface area contributed by atoms with Crippen LogP contribution in [0.3, 0.4) is 0 Å². The number of allylic oxidation sites excluding steroid dienone is 24. The third-order valence-electron chi connectivity index (χ3n) is 13.6. The first kappa shape index (κ1) is 75.3. The third-order valence-corrected chi connectivity index (χ3v) is 13.6. The zero-order valence-corrected chi connectivity index (χ0v) is 51.8. The van der Waals surface area contributed by atoms with E-state index >= 15 is 0 Å². The first-order chi connectivity index (χ1) is 39.5. The summed E-state index contributed by atoms with van der Waals surface area (Å²) in [7, 11) is 0. The van der Waals surface area contributed by atoms with Crippen LogP contribution in [0.1, 0.15) is 284 Å². The number of hydrogen-bond donors (Lipinski definition) is 0. The molecular weight excluding hydrogens is 985 g/mol. The van der Waals surface area contributed by atoms with Gasteiger partial charge in [-0.05, 0) is 122 Å². The summed E-state index contributed by atoms with van der Waals surface area (Å²) in [6.07, 6.45) is 95.7. The fourth-order valence-corrected chi connectivity index (χ4v) is 8.74. The molecule has 0 amide bonds. The molecule has 0 aliphatic carbocycles. The number of esters is 3. The van der Waals surface area contributed by atoms with Crippen LogP contribution in [0.25, 0.3) is 0 Å². The first-order valence-electron chi connectivity index (χ1n) is 32.8. The molecule has 0 bridgehead atoms. The maximum atomic E-state index is 12.9. The lowest BCUT2D eigenvalue weighted by Crippen LogP contribution is -2.30. The van der Waals surface area contributed by atoms with Gasteiger partial charge in [0.25, 0.3) is 0 Å². The molecule has 0 aromatic carbocycles. The average Bonchev–Trinajstić information content (AvgIpc) is 3.46.